The molecule has 0 aromatic heterocycles. The first kappa shape index (κ1) is 15.8. The van der Waals surface area contributed by atoms with Gasteiger partial charge in [0.25, 0.3) is 5.91 Å². The minimum atomic E-state index is -0.865. The first-order valence-electron chi connectivity index (χ1n) is 6.75. The van der Waals surface area contributed by atoms with Crippen molar-refractivity contribution in [3.05, 3.63) is 34.1 Å². The van der Waals surface area contributed by atoms with Gasteiger partial charge in [-0.15, -0.1) is 0 Å². The zero-order valence-corrected chi connectivity index (χ0v) is 13.0. The van der Waals surface area contributed by atoms with Crippen molar-refractivity contribution >= 4 is 27.7 Å². The smallest absolute Gasteiger partial charge is 0.253 e. The number of carbonyl (C=O) groups excluding carboxylic acids is 1. The number of nitrogens with zero attached hydrogens (tertiary/aromatic N) is 1. The minimum Gasteiger partial charge on any atom is -0.409 e. The Balaban J connectivity index is 2.28. The normalized spacial score (nSPS) is 18.3. The van der Waals surface area contributed by atoms with E-state index in [1.807, 2.05) is 0 Å². The molecule has 4 N–H and O–H groups in total. The van der Waals surface area contributed by atoms with Crippen LogP contribution in [0.25, 0.3) is 0 Å². The summed E-state index contributed by atoms with van der Waals surface area (Å²) in [6.07, 6.45) is 3.99. The Kier molecular flexibility index (Phi) is 4.82. The van der Waals surface area contributed by atoms with E-state index >= 15 is 0 Å². The number of hydrogen-bond donors (Lipinski definition) is 3. The SMILES string of the molecule is N/C(=N/O)C1(NC(=O)c2cccc(F)c2Br)CCCCC1. The van der Waals surface area contributed by atoms with Crippen molar-refractivity contribution < 1.29 is 14.4 Å². The number of amidine groups is 1. The van der Waals surface area contributed by atoms with Crippen LogP contribution in [0.3, 0.4) is 0 Å². The number of carbonyl (C=O) groups is 1. The third kappa shape index (κ3) is 3.18. The number of halogens is 2. The number of amides is 1. The molecule has 1 aliphatic carbocycles. The first-order valence-corrected chi connectivity index (χ1v) is 7.54. The molecule has 0 heterocycles. The van der Waals surface area contributed by atoms with E-state index in [-0.39, 0.29) is 15.9 Å². The molecule has 1 fully saturated rings. The standard InChI is InChI=1S/C14H17BrFN3O2/c15-11-9(5-4-6-10(11)16)12(20)18-14(13(17)19-21)7-2-1-3-8-14/h4-6,21H,1-3,7-8H2,(H2,17,19)(H,18,20). The first-order chi connectivity index (χ1) is 10.00. The quantitative estimate of drug-likeness (QED) is 0.336. The second-order valence-corrected chi connectivity index (χ2v) is 5.98. The molecule has 0 bridgehead atoms. The van der Waals surface area contributed by atoms with Gasteiger partial charge >= 0.3 is 0 Å². The highest BCUT2D eigenvalue weighted by molar-refractivity contribution is 9.10. The topological polar surface area (TPSA) is 87.7 Å². The third-order valence-electron chi connectivity index (χ3n) is 3.85. The van der Waals surface area contributed by atoms with Gasteiger partial charge in [0.15, 0.2) is 5.84 Å². The summed E-state index contributed by atoms with van der Waals surface area (Å²) in [5.41, 5.74) is 5.10. The van der Waals surface area contributed by atoms with Gasteiger partial charge < -0.3 is 16.3 Å². The highest BCUT2D eigenvalue weighted by atomic mass is 79.9. The van der Waals surface area contributed by atoms with E-state index in [2.05, 4.69) is 26.4 Å². The molecule has 1 aromatic rings. The maximum atomic E-state index is 13.5. The van der Waals surface area contributed by atoms with Crippen LogP contribution in [0.5, 0.6) is 0 Å². The molecule has 21 heavy (non-hydrogen) atoms. The Labute approximate surface area is 130 Å². The Hall–Kier alpha value is -1.63. The summed E-state index contributed by atoms with van der Waals surface area (Å²) in [6, 6.07) is 4.25. The predicted molar refractivity (Wildman–Crippen MR) is 80.8 cm³/mol. The molecule has 0 atom stereocenters. The molecule has 1 aliphatic rings. The fraction of sp³-hybridized carbons (Fsp3) is 0.429. The van der Waals surface area contributed by atoms with Crippen LogP contribution in [0, 0.1) is 5.82 Å². The van der Waals surface area contributed by atoms with Crippen molar-refractivity contribution in [2.75, 3.05) is 0 Å². The lowest BCUT2D eigenvalue weighted by Gasteiger charge is -2.36. The lowest BCUT2D eigenvalue weighted by molar-refractivity contribution is 0.0904. The van der Waals surface area contributed by atoms with Gasteiger partial charge in [0.1, 0.15) is 11.4 Å². The van der Waals surface area contributed by atoms with Crippen molar-refractivity contribution in [2.24, 2.45) is 10.9 Å². The largest absolute Gasteiger partial charge is 0.409 e. The van der Waals surface area contributed by atoms with Gasteiger partial charge in [-0.3, -0.25) is 4.79 Å². The summed E-state index contributed by atoms with van der Waals surface area (Å²) < 4.78 is 13.6. The average molecular weight is 358 g/mol. The van der Waals surface area contributed by atoms with E-state index in [1.165, 1.54) is 18.2 Å². The van der Waals surface area contributed by atoms with Gasteiger partial charge in [0, 0.05) is 0 Å². The number of hydrogen-bond acceptors (Lipinski definition) is 3. The van der Waals surface area contributed by atoms with Crippen molar-refractivity contribution in [3.8, 4) is 0 Å². The van der Waals surface area contributed by atoms with Gasteiger partial charge in [-0.25, -0.2) is 4.39 Å². The van der Waals surface area contributed by atoms with Gasteiger partial charge in [0.05, 0.1) is 10.0 Å². The van der Waals surface area contributed by atoms with Gasteiger partial charge in [-0.2, -0.15) is 0 Å². The monoisotopic (exact) mass is 357 g/mol. The molecule has 2 rings (SSSR count). The van der Waals surface area contributed by atoms with Crippen LogP contribution in [-0.4, -0.2) is 22.5 Å². The lowest BCUT2D eigenvalue weighted by atomic mass is 9.80. The van der Waals surface area contributed by atoms with Crippen LogP contribution in [0.4, 0.5) is 4.39 Å². The molecule has 1 saturated carbocycles. The van der Waals surface area contributed by atoms with Crippen LogP contribution in [0.15, 0.2) is 27.8 Å². The molecule has 1 aromatic carbocycles. The second kappa shape index (κ2) is 6.43. The van der Waals surface area contributed by atoms with Crippen molar-refractivity contribution in [1.82, 2.24) is 5.32 Å². The van der Waals surface area contributed by atoms with Crippen molar-refractivity contribution in [2.45, 2.75) is 37.6 Å². The van der Waals surface area contributed by atoms with Crippen LogP contribution < -0.4 is 11.1 Å². The van der Waals surface area contributed by atoms with Gasteiger partial charge in [-0.05, 0) is 40.9 Å². The Morgan fingerprint density at radius 1 is 1.38 bits per heavy atom. The fourth-order valence-corrected chi connectivity index (χ4v) is 3.10. The summed E-state index contributed by atoms with van der Waals surface area (Å²) >= 11 is 3.07. The molecule has 0 unspecified atom stereocenters. The van der Waals surface area contributed by atoms with E-state index in [9.17, 15) is 9.18 Å². The summed E-state index contributed by atoms with van der Waals surface area (Å²) in [6.45, 7) is 0. The van der Waals surface area contributed by atoms with Crippen molar-refractivity contribution in [1.29, 1.82) is 0 Å². The predicted octanol–water partition coefficient (Wildman–Crippen LogP) is 2.77. The zero-order valence-electron chi connectivity index (χ0n) is 11.4. The Morgan fingerprint density at radius 2 is 2.05 bits per heavy atom. The van der Waals surface area contributed by atoms with E-state index in [0.29, 0.717) is 12.8 Å². The van der Waals surface area contributed by atoms with E-state index in [4.69, 9.17) is 10.9 Å². The lowest BCUT2D eigenvalue weighted by Crippen LogP contribution is -2.58. The number of oxime groups is 1. The molecule has 1 amide bonds. The third-order valence-corrected chi connectivity index (χ3v) is 4.66. The molecule has 7 heteroatoms. The highest BCUT2D eigenvalue weighted by Gasteiger charge is 2.38. The van der Waals surface area contributed by atoms with E-state index < -0.39 is 17.3 Å². The zero-order chi connectivity index (χ0) is 15.5. The number of nitrogens with one attached hydrogen (secondary N) is 1. The molecular formula is C14H17BrFN3O2. The molecule has 0 radical (unpaired) electrons. The van der Waals surface area contributed by atoms with Crippen LogP contribution in [0.1, 0.15) is 42.5 Å². The number of rotatable bonds is 3. The van der Waals surface area contributed by atoms with E-state index in [1.54, 1.807) is 0 Å². The Bertz CT molecular complexity index is 571. The fourth-order valence-electron chi connectivity index (χ4n) is 2.66. The number of nitrogens with two attached hydrogens (primary N) is 1. The molecule has 114 valence electrons. The maximum absolute atomic E-state index is 13.5. The molecular weight excluding hydrogens is 341 g/mol. The summed E-state index contributed by atoms with van der Waals surface area (Å²) in [5, 5.41) is 14.9. The maximum Gasteiger partial charge on any atom is 0.253 e. The van der Waals surface area contributed by atoms with Crippen molar-refractivity contribution in [3.63, 3.8) is 0 Å². The molecule has 0 saturated heterocycles. The van der Waals surface area contributed by atoms with Gasteiger partial charge in [0.2, 0.25) is 0 Å². The number of benzene rings is 1. The van der Waals surface area contributed by atoms with Crippen LogP contribution in [-0.2, 0) is 0 Å². The minimum absolute atomic E-state index is 0.0110. The molecule has 0 spiro atoms. The highest BCUT2D eigenvalue weighted by Crippen LogP contribution is 2.29. The van der Waals surface area contributed by atoms with E-state index in [0.717, 1.165) is 19.3 Å². The Morgan fingerprint density at radius 3 is 2.67 bits per heavy atom. The second-order valence-electron chi connectivity index (χ2n) is 5.18. The summed E-state index contributed by atoms with van der Waals surface area (Å²) in [7, 11) is 0. The molecule has 5 nitrogen and oxygen atoms in total. The average Bonchev–Trinajstić information content (AvgIpc) is 2.50. The van der Waals surface area contributed by atoms with Crippen LogP contribution >= 0.6 is 15.9 Å². The molecule has 0 aliphatic heterocycles. The summed E-state index contributed by atoms with van der Waals surface area (Å²) in [4.78, 5) is 12.4. The summed E-state index contributed by atoms with van der Waals surface area (Å²) in [5.74, 6) is -0.970. The van der Waals surface area contributed by atoms with Crippen LogP contribution in [0.2, 0.25) is 0 Å². The van der Waals surface area contributed by atoms with Gasteiger partial charge in [-0.1, -0.05) is 30.5 Å².